The first kappa shape index (κ1) is 13.4. The number of hydrogen-bond donors (Lipinski definition) is 2. The molecule has 0 radical (unpaired) electrons. The number of aromatic carboxylic acids is 2. The molecule has 4 nitrogen and oxygen atoms in total. The number of alkyl halides is 1. The molecule has 0 fully saturated rings. The van der Waals surface area contributed by atoms with Crippen molar-refractivity contribution in [2.24, 2.45) is 0 Å². The van der Waals surface area contributed by atoms with Gasteiger partial charge in [0, 0.05) is 5.33 Å². The van der Waals surface area contributed by atoms with E-state index in [0.717, 1.165) is 11.8 Å². The number of benzene rings is 1. The van der Waals surface area contributed by atoms with E-state index < -0.39 is 11.9 Å². The van der Waals surface area contributed by atoms with E-state index in [4.69, 9.17) is 10.2 Å². The van der Waals surface area contributed by atoms with Gasteiger partial charge in [0.25, 0.3) is 0 Å². The van der Waals surface area contributed by atoms with Gasteiger partial charge in [0.15, 0.2) is 0 Å². The van der Waals surface area contributed by atoms with Crippen molar-refractivity contribution >= 4 is 33.9 Å². The predicted molar refractivity (Wildman–Crippen MR) is 67.8 cm³/mol. The monoisotopic (exact) mass is 298 g/mol. The maximum absolute atomic E-state index is 10.9. The van der Waals surface area contributed by atoms with Crippen LogP contribution in [0.2, 0.25) is 0 Å². The summed E-state index contributed by atoms with van der Waals surface area (Å²) < 4.78 is 0. The average molecular weight is 299 g/mol. The Labute approximate surface area is 107 Å². The summed E-state index contributed by atoms with van der Waals surface area (Å²) >= 11 is 3.25. The maximum Gasteiger partial charge on any atom is 0.336 e. The lowest BCUT2D eigenvalue weighted by Gasteiger charge is -2.02. The lowest BCUT2D eigenvalue weighted by atomic mass is 10.0. The molecule has 0 bridgehead atoms. The smallest absolute Gasteiger partial charge is 0.336 e. The number of hydrogen-bond acceptors (Lipinski definition) is 2. The van der Waals surface area contributed by atoms with Crippen LogP contribution >= 0.6 is 15.9 Å². The Morgan fingerprint density at radius 3 is 2.47 bits per heavy atom. The van der Waals surface area contributed by atoms with Crippen LogP contribution in [0, 0.1) is 0 Å². The molecule has 0 aliphatic heterocycles. The first-order valence-electron chi connectivity index (χ1n) is 4.89. The third-order valence-corrected chi connectivity index (χ3v) is 2.56. The fourth-order valence-electron chi connectivity index (χ4n) is 1.30. The minimum absolute atomic E-state index is 0.0773. The van der Waals surface area contributed by atoms with E-state index >= 15 is 0 Å². The van der Waals surface area contributed by atoms with Crippen LogP contribution in [-0.4, -0.2) is 27.5 Å². The molecular formula is C12H11BrO4. The highest BCUT2D eigenvalue weighted by atomic mass is 79.9. The number of carbonyl (C=O) groups is 2. The summed E-state index contributed by atoms with van der Waals surface area (Å²) in [5, 5.41) is 18.6. The van der Waals surface area contributed by atoms with Crippen LogP contribution < -0.4 is 0 Å². The van der Waals surface area contributed by atoms with Crippen LogP contribution in [0.25, 0.3) is 6.08 Å². The van der Waals surface area contributed by atoms with E-state index in [0.29, 0.717) is 5.56 Å². The second-order valence-corrected chi connectivity index (χ2v) is 4.09. The Bertz CT molecular complexity index is 466. The molecule has 0 amide bonds. The van der Waals surface area contributed by atoms with Crippen LogP contribution in [0.3, 0.4) is 0 Å². The van der Waals surface area contributed by atoms with E-state index in [-0.39, 0.29) is 11.1 Å². The number of halogens is 1. The Balaban J connectivity index is 3.16. The predicted octanol–water partition coefficient (Wildman–Crippen LogP) is 2.88. The highest BCUT2D eigenvalue weighted by molar-refractivity contribution is 9.09. The summed E-state index contributed by atoms with van der Waals surface area (Å²) in [6, 6.07) is 3.95. The fourth-order valence-corrected chi connectivity index (χ4v) is 1.57. The van der Waals surface area contributed by atoms with Gasteiger partial charge in [-0.05, 0) is 30.2 Å². The van der Waals surface area contributed by atoms with Gasteiger partial charge in [-0.3, -0.25) is 0 Å². The van der Waals surface area contributed by atoms with E-state index in [1.807, 2.05) is 0 Å². The van der Waals surface area contributed by atoms with Crippen molar-refractivity contribution in [3.63, 3.8) is 0 Å². The molecule has 0 aromatic heterocycles. The van der Waals surface area contributed by atoms with E-state index in [1.165, 1.54) is 18.2 Å². The third kappa shape index (κ3) is 3.71. The van der Waals surface area contributed by atoms with Crippen molar-refractivity contribution in [3.05, 3.63) is 41.0 Å². The van der Waals surface area contributed by atoms with Gasteiger partial charge in [-0.15, -0.1) is 0 Å². The molecule has 0 atom stereocenters. The Kier molecular flexibility index (Phi) is 4.90. The summed E-state index contributed by atoms with van der Waals surface area (Å²) in [6.07, 6.45) is 4.16. The van der Waals surface area contributed by atoms with Crippen molar-refractivity contribution in [1.29, 1.82) is 0 Å². The Hall–Kier alpha value is -1.62. The minimum atomic E-state index is -1.07. The van der Waals surface area contributed by atoms with Gasteiger partial charge in [0.05, 0.1) is 11.1 Å². The molecule has 1 aromatic carbocycles. The van der Waals surface area contributed by atoms with E-state index in [1.54, 1.807) is 12.2 Å². The SMILES string of the molecule is O=C(O)c1ccc(C(=O)O)c(C=CCCBr)c1. The zero-order valence-corrected chi connectivity index (χ0v) is 10.5. The molecule has 0 saturated carbocycles. The summed E-state index contributed by atoms with van der Waals surface area (Å²) in [4.78, 5) is 21.7. The molecule has 0 heterocycles. The van der Waals surface area contributed by atoms with Gasteiger partial charge in [0.2, 0.25) is 0 Å². The second-order valence-electron chi connectivity index (χ2n) is 3.29. The van der Waals surface area contributed by atoms with Crippen LogP contribution in [0.4, 0.5) is 0 Å². The molecule has 0 unspecified atom stereocenters. The van der Waals surface area contributed by atoms with Crippen molar-refractivity contribution in [3.8, 4) is 0 Å². The highest BCUT2D eigenvalue weighted by Gasteiger charge is 2.11. The van der Waals surface area contributed by atoms with Crippen LogP contribution in [0.5, 0.6) is 0 Å². The maximum atomic E-state index is 10.9. The number of carboxylic acids is 2. The fraction of sp³-hybridized carbons (Fsp3) is 0.167. The Morgan fingerprint density at radius 2 is 1.94 bits per heavy atom. The quantitative estimate of drug-likeness (QED) is 0.820. The van der Waals surface area contributed by atoms with Gasteiger partial charge in [0.1, 0.15) is 0 Å². The summed E-state index contributed by atoms with van der Waals surface area (Å²) in [7, 11) is 0. The van der Waals surface area contributed by atoms with Gasteiger partial charge in [-0.25, -0.2) is 9.59 Å². The van der Waals surface area contributed by atoms with Crippen LogP contribution in [-0.2, 0) is 0 Å². The topological polar surface area (TPSA) is 74.6 Å². The second kappa shape index (κ2) is 6.20. The molecule has 2 N–H and O–H groups in total. The molecule has 0 aliphatic rings. The molecule has 5 heteroatoms. The summed E-state index contributed by atoms with van der Waals surface area (Å²) in [5.41, 5.74) is 0.577. The number of allylic oxidation sites excluding steroid dienone is 1. The van der Waals surface area contributed by atoms with Crippen molar-refractivity contribution < 1.29 is 19.8 Å². The van der Waals surface area contributed by atoms with Crippen molar-refractivity contribution in [2.45, 2.75) is 6.42 Å². The zero-order chi connectivity index (χ0) is 12.8. The first-order valence-corrected chi connectivity index (χ1v) is 6.01. The molecule has 0 spiro atoms. The van der Waals surface area contributed by atoms with Gasteiger partial charge in [-0.1, -0.05) is 28.1 Å². The highest BCUT2D eigenvalue weighted by Crippen LogP contribution is 2.15. The third-order valence-electron chi connectivity index (χ3n) is 2.10. The molecule has 0 saturated heterocycles. The number of rotatable bonds is 5. The van der Waals surface area contributed by atoms with Gasteiger partial charge in [-0.2, -0.15) is 0 Å². The largest absolute Gasteiger partial charge is 0.478 e. The standard InChI is InChI=1S/C12H11BrO4/c13-6-2-1-3-8-7-9(11(14)15)4-5-10(8)12(16)17/h1,3-5,7H,2,6H2,(H,14,15)(H,16,17). The van der Waals surface area contributed by atoms with E-state index in [9.17, 15) is 9.59 Å². The van der Waals surface area contributed by atoms with Gasteiger partial charge >= 0.3 is 11.9 Å². The molecular weight excluding hydrogens is 288 g/mol. The van der Waals surface area contributed by atoms with Crippen molar-refractivity contribution in [1.82, 2.24) is 0 Å². The molecule has 90 valence electrons. The molecule has 1 aromatic rings. The van der Waals surface area contributed by atoms with Gasteiger partial charge < -0.3 is 10.2 Å². The molecule has 17 heavy (non-hydrogen) atoms. The van der Waals surface area contributed by atoms with E-state index in [2.05, 4.69) is 15.9 Å². The summed E-state index contributed by atoms with van der Waals surface area (Å²) in [5.74, 6) is -2.14. The van der Waals surface area contributed by atoms with Crippen LogP contribution in [0.1, 0.15) is 32.7 Å². The molecule has 0 aliphatic carbocycles. The minimum Gasteiger partial charge on any atom is -0.478 e. The zero-order valence-electron chi connectivity index (χ0n) is 8.89. The van der Waals surface area contributed by atoms with Crippen LogP contribution in [0.15, 0.2) is 24.3 Å². The lowest BCUT2D eigenvalue weighted by molar-refractivity contribution is 0.0681. The number of carboxylic acid groups (broad SMARTS) is 2. The van der Waals surface area contributed by atoms with Crippen molar-refractivity contribution in [2.75, 3.05) is 5.33 Å². The average Bonchev–Trinajstić information content (AvgIpc) is 2.28. The lowest BCUT2D eigenvalue weighted by Crippen LogP contribution is -2.03. The molecule has 1 rings (SSSR count). The summed E-state index contributed by atoms with van der Waals surface area (Å²) in [6.45, 7) is 0. The normalized spacial score (nSPS) is 10.6. The Morgan fingerprint density at radius 1 is 1.24 bits per heavy atom. The first-order chi connectivity index (χ1) is 8.06.